The average Bonchev–Trinajstić information content (AvgIpc) is 3.17. The van der Waals surface area contributed by atoms with E-state index in [1.54, 1.807) is 56.5 Å². The first kappa shape index (κ1) is 21.9. The molecular weight excluding hydrogens is 400 g/mol. The fourth-order valence-electron chi connectivity index (χ4n) is 2.40. The molecule has 0 aliphatic heterocycles. The molecule has 1 aromatic carbocycles. The second-order valence-corrected chi connectivity index (χ2v) is 8.01. The van der Waals surface area contributed by atoms with Crippen LogP contribution in [0.5, 0.6) is 0 Å². The summed E-state index contributed by atoms with van der Waals surface area (Å²) in [5, 5.41) is 7.68. The summed E-state index contributed by atoms with van der Waals surface area (Å²) in [6, 6.07) is 7.72. The second kappa shape index (κ2) is 9.71. The Morgan fingerprint density at radius 1 is 1.11 bits per heavy atom. The number of esters is 1. The zero-order valence-electron chi connectivity index (χ0n) is 16.1. The molecule has 2 N–H and O–H groups in total. The monoisotopic (exact) mass is 422 g/mol. The largest absolute Gasteiger partial charge is 0.451 e. The van der Waals surface area contributed by atoms with Gasteiger partial charge < -0.3 is 15.4 Å². The molecule has 0 fully saturated rings. The number of nitrogens with one attached hydrogen (secondary N) is 2. The van der Waals surface area contributed by atoms with Crippen molar-refractivity contribution in [1.82, 2.24) is 5.32 Å². The number of benzene rings is 1. The molecule has 150 valence electrons. The van der Waals surface area contributed by atoms with E-state index < -0.39 is 24.0 Å². The fourth-order valence-corrected chi connectivity index (χ4v) is 3.20. The lowest BCUT2D eigenvalue weighted by Gasteiger charge is -2.23. The minimum atomic E-state index is -1.04. The molecule has 1 heterocycles. The van der Waals surface area contributed by atoms with E-state index in [1.807, 2.05) is 0 Å². The molecule has 0 radical (unpaired) electrons. The van der Waals surface area contributed by atoms with Crippen molar-refractivity contribution in [3.63, 3.8) is 0 Å². The lowest BCUT2D eigenvalue weighted by molar-refractivity contribution is -0.156. The van der Waals surface area contributed by atoms with E-state index in [0.29, 0.717) is 15.6 Å². The molecule has 2 rings (SSSR count). The summed E-state index contributed by atoms with van der Waals surface area (Å²) in [5.41, 5.74) is 1.27. The lowest BCUT2D eigenvalue weighted by atomic mass is 10.0. The zero-order valence-corrected chi connectivity index (χ0v) is 17.7. The van der Waals surface area contributed by atoms with Crippen molar-refractivity contribution in [2.75, 3.05) is 5.32 Å². The van der Waals surface area contributed by atoms with Crippen molar-refractivity contribution in [3.05, 3.63) is 51.2 Å². The number of carbonyl (C=O) groups excluding carboxylic acids is 3. The lowest BCUT2D eigenvalue weighted by Crippen LogP contribution is -2.47. The van der Waals surface area contributed by atoms with Crippen LogP contribution in [0, 0.1) is 12.8 Å². The molecule has 0 saturated carbocycles. The number of thiophene rings is 1. The Kier molecular flexibility index (Phi) is 7.60. The smallest absolute Gasteiger partial charge is 0.329 e. The molecule has 8 heteroatoms. The van der Waals surface area contributed by atoms with Gasteiger partial charge in [-0.2, -0.15) is 0 Å². The molecule has 2 aromatic rings. The van der Waals surface area contributed by atoms with Crippen LogP contribution in [-0.4, -0.2) is 29.9 Å². The van der Waals surface area contributed by atoms with Gasteiger partial charge in [0, 0.05) is 10.7 Å². The zero-order chi connectivity index (χ0) is 20.8. The highest BCUT2D eigenvalue weighted by Gasteiger charge is 2.29. The molecule has 0 saturated heterocycles. The third-order valence-corrected chi connectivity index (χ3v) is 5.42. The molecule has 0 bridgehead atoms. The third-order valence-electron chi connectivity index (χ3n) is 4.14. The molecule has 2 amide bonds. The highest BCUT2D eigenvalue weighted by atomic mass is 35.5. The van der Waals surface area contributed by atoms with E-state index in [2.05, 4.69) is 10.6 Å². The van der Waals surface area contributed by atoms with Crippen LogP contribution in [0.25, 0.3) is 0 Å². The maximum atomic E-state index is 12.5. The highest BCUT2D eigenvalue weighted by molar-refractivity contribution is 7.12. The van der Waals surface area contributed by atoms with E-state index in [0.717, 1.165) is 5.56 Å². The van der Waals surface area contributed by atoms with Gasteiger partial charge in [0.25, 0.3) is 11.8 Å². The maximum absolute atomic E-state index is 12.5. The Bertz CT molecular complexity index is 852. The summed E-state index contributed by atoms with van der Waals surface area (Å²) < 4.78 is 5.30. The summed E-state index contributed by atoms with van der Waals surface area (Å²) in [7, 11) is 0. The Labute approximate surface area is 173 Å². The van der Waals surface area contributed by atoms with Crippen LogP contribution < -0.4 is 10.6 Å². The Morgan fingerprint density at radius 3 is 2.43 bits per heavy atom. The predicted molar refractivity (Wildman–Crippen MR) is 111 cm³/mol. The van der Waals surface area contributed by atoms with Crippen LogP contribution in [0.15, 0.2) is 35.7 Å². The van der Waals surface area contributed by atoms with Gasteiger partial charge >= 0.3 is 5.97 Å². The van der Waals surface area contributed by atoms with Crippen LogP contribution in [-0.2, 0) is 14.3 Å². The van der Waals surface area contributed by atoms with Gasteiger partial charge in [-0.05, 0) is 48.9 Å². The molecule has 6 nitrogen and oxygen atoms in total. The molecule has 0 aliphatic carbocycles. The van der Waals surface area contributed by atoms with Gasteiger partial charge in [-0.3, -0.25) is 9.59 Å². The van der Waals surface area contributed by atoms with Crippen LogP contribution >= 0.6 is 22.9 Å². The first-order valence-corrected chi connectivity index (χ1v) is 10.1. The van der Waals surface area contributed by atoms with E-state index >= 15 is 0 Å². The Balaban J connectivity index is 2.00. The molecule has 0 spiro atoms. The standard InChI is InChI=1S/C20H23ClN2O4S/c1-11(2)17(23-19(25)16-9-6-10-28-16)20(26)27-13(4)18(24)22-15-8-5-7-14(21)12(15)3/h5-11,13,17H,1-4H3,(H,22,24)(H,23,25)/t13-,17+/m1/s1. The van der Waals surface area contributed by atoms with Crippen molar-refractivity contribution < 1.29 is 19.1 Å². The summed E-state index contributed by atoms with van der Waals surface area (Å²) >= 11 is 7.33. The third kappa shape index (κ3) is 5.56. The number of rotatable bonds is 7. The molecule has 0 aliphatic rings. The number of amides is 2. The topological polar surface area (TPSA) is 84.5 Å². The number of halogens is 1. The minimum absolute atomic E-state index is 0.207. The van der Waals surface area contributed by atoms with Gasteiger partial charge in [0.1, 0.15) is 6.04 Å². The second-order valence-electron chi connectivity index (χ2n) is 6.65. The molecule has 2 atom stereocenters. The SMILES string of the molecule is Cc1c(Cl)cccc1NC(=O)[C@@H](C)OC(=O)[C@@H](NC(=O)c1cccs1)C(C)C. The van der Waals surface area contributed by atoms with Crippen molar-refractivity contribution in [2.24, 2.45) is 5.92 Å². The maximum Gasteiger partial charge on any atom is 0.329 e. The summed E-state index contributed by atoms with van der Waals surface area (Å²) in [6.45, 7) is 6.84. The quantitative estimate of drug-likeness (QED) is 0.659. The molecule has 28 heavy (non-hydrogen) atoms. The highest BCUT2D eigenvalue weighted by Crippen LogP contribution is 2.23. The van der Waals surface area contributed by atoms with Gasteiger partial charge in [0.2, 0.25) is 0 Å². The first-order chi connectivity index (χ1) is 13.2. The van der Waals surface area contributed by atoms with Gasteiger partial charge in [-0.25, -0.2) is 4.79 Å². The van der Waals surface area contributed by atoms with Crippen LogP contribution in [0.2, 0.25) is 5.02 Å². The van der Waals surface area contributed by atoms with Gasteiger partial charge in [0.15, 0.2) is 6.10 Å². The van der Waals surface area contributed by atoms with Crippen molar-refractivity contribution in [3.8, 4) is 0 Å². The normalized spacial score (nSPS) is 12.9. The number of hydrogen-bond acceptors (Lipinski definition) is 5. The van der Waals surface area contributed by atoms with E-state index in [1.165, 1.54) is 18.3 Å². The van der Waals surface area contributed by atoms with E-state index in [-0.39, 0.29) is 11.8 Å². The molecular formula is C20H23ClN2O4S. The van der Waals surface area contributed by atoms with Gasteiger partial charge in [-0.1, -0.05) is 37.6 Å². The van der Waals surface area contributed by atoms with Crippen LogP contribution in [0.3, 0.4) is 0 Å². The number of anilines is 1. The van der Waals surface area contributed by atoms with Gasteiger partial charge in [0.05, 0.1) is 4.88 Å². The van der Waals surface area contributed by atoms with Crippen LogP contribution in [0.1, 0.15) is 36.0 Å². The van der Waals surface area contributed by atoms with Crippen molar-refractivity contribution >= 4 is 46.4 Å². The minimum Gasteiger partial charge on any atom is -0.451 e. The number of carbonyl (C=O) groups is 3. The van der Waals surface area contributed by atoms with E-state index in [9.17, 15) is 14.4 Å². The summed E-state index contributed by atoms with van der Waals surface area (Å²) in [5.74, 6) is -1.70. The summed E-state index contributed by atoms with van der Waals surface area (Å²) in [6.07, 6.45) is -1.04. The fraction of sp³-hybridized carbons (Fsp3) is 0.350. The molecule has 1 aromatic heterocycles. The predicted octanol–water partition coefficient (Wildman–Crippen LogP) is 4.03. The average molecular weight is 423 g/mol. The summed E-state index contributed by atoms with van der Waals surface area (Å²) in [4.78, 5) is 37.7. The Morgan fingerprint density at radius 2 is 1.82 bits per heavy atom. The van der Waals surface area contributed by atoms with Crippen molar-refractivity contribution in [2.45, 2.75) is 39.8 Å². The number of hydrogen-bond donors (Lipinski definition) is 2. The molecule has 0 unspecified atom stereocenters. The van der Waals surface area contributed by atoms with Gasteiger partial charge in [-0.15, -0.1) is 11.3 Å². The first-order valence-electron chi connectivity index (χ1n) is 8.81. The van der Waals surface area contributed by atoms with Crippen LogP contribution in [0.4, 0.5) is 5.69 Å². The number of ether oxygens (including phenoxy) is 1. The Hall–Kier alpha value is -2.38. The van der Waals surface area contributed by atoms with Crippen molar-refractivity contribution in [1.29, 1.82) is 0 Å². The van der Waals surface area contributed by atoms with E-state index in [4.69, 9.17) is 16.3 Å².